The van der Waals surface area contributed by atoms with E-state index in [1.165, 1.54) is 0 Å². The quantitative estimate of drug-likeness (QED) is 0.743. The molecule has 0 N–H and O–H groups in total. The van der Waals surface area contributed by atoms with Crippen LogP contribution in [0.5, 0.6) is 0 Å². The monoisotopic (exact) mass is 302 g/mol. The first-order chi connectivity index (χ1) is 9.67. The zero-order valence-corrected chi connectivity index (χ0v) is 12.7. The molecule has 2 aromatic carbocycles. The number of halogens is 1. The topological polar surface area (TPSA) is 9.23 Å². The van der Waals surface area contributed by atoms with Crippen molar-refractivity contribution in [2.75, 3.05) is 5.75 Å². The first kappa shape index (κ1) is 13.6. The average Bonchev–Trinajstić information content (AvgIpc) is 2.49. The zero-order chi connectivity index (χ0) is 14.0. The maximum atomic E-state index is 6.28. The molecule has 1 heterocycles. The van der Waals surface area contributed by atoms with Crippen LogP contribution >= 0.6 is 23.4 Å². The summed E-state index contributed by atoms with van der Waals surface area (Å²) in [6.45, 7) is 2.12. The summed E-state index contributed by atoms with van der Waals surface area (Å²) >= 11 is 7.75. The largest absolute Gasteiger partial charge is 0.481 e. The third-order valence-electron chi connectivity index (χ3n) is 3.40. The SMILES string of the molecule is CC1(c2ccc(Cl)cc2)CSC=C(c2ccccc2)O1. The van der Waals surface area contributed by atoms with Crippen LogP contribution < -0.4 is 0 Å². The number of ether oxygens (including phenoxy) is 1. The molecule has 0 aliphatic carbocycles. The lowest BCUT2D eigenvalue weighted by atomic mass is 9.97. The van der Waals surface area contributed by atoms with Crippen LogP contribution in [0.25, 0.3) is 5.76 Å². The minimum Gasteiger partial charge on any atom is -0.481 e. The second-order valence-corrected chi connectivity index (χ2v) is 6.29. The summed E-state index contributed by atoms with van der Waals surface area (Å²) in [5.74, 6) is 1.82. The Morgan fingerprint density at radius 2 is 1.75 bits per heavy atom. The van der Waals surface area contributed by atoms with Gasteiger partial charge in [-0.05, 0) is 24.6 Å². The summed E-state index contributed by atoms with van der Waals surface area (Å²) in [7, 11) is 0. The van der Waals surface area contributed by atoms with Crippen molar-refractivity contribution < 1.29 is 4.74 Å². The van der Waals surface area contributed by atoms with Crippen LogP contribution in [-0.4, -0.2) is 5.75 Å². The van der Waals surface area contributed by atoms with Gasteiger partial charge in [-0.3, -0.25) is 0 Å². The average molecular weight is 303 g/mol. The maximum absolute atomic E-state index is 6.28. The minimum absolute atomic E-state index is 0.324. The molecule has 1 nitrogen and oxygen atoms in total. The summed E-state index contributed by atoms with van der Waals surface area (Å²) in [6, 6.07) is 18.1. The number of benzene rings is 2. The Labute approximate surface area is 128 Å². The lowest BCUT2D eigenvalue weighted by molar-refractivity contribution is 0.0784. The molecule has 0 bridgehead atoms. The van der Waals surface area contributed by atoms with Gasteiger partial charge in [0.05, 0.1) is 0 Å². The fourth-order valence-electron chi connectivity index (χ4n) is 2.25. The van der Waals surface area contributed by atoms with Crippen LogP contribution in [0.15, 0.2) is 60.0 Å². The lowest BCUT2D eigenvalue weighted by Crippen LogP contribution is -2.30. The zero-order valence-electron chi connectivity index (χ0n) is 11.2. The summed E-state index contributed by atoms with van der Waals surface area (Å²) in [5, 5.41) is 2.84. The van der Waals surface area contributed by atoms with Gasteiger partial charge in [0.2, 0.25) is 0 Å². The van der Waals surface area contributed by atoms with Crippen molar-refractivity contribution in [2.45, 2.75) is 12.5 Å². The molecule has 2 aromatic rings. The van der Waals surface area contributed by atoms with Crippen LogP contribution in [0.3, 0.4) is 0 Å². The van der Waals surface area contributed by atoms with Gasteiger partial charge in [-0.25, -0.2) is 0 Å². The Morgan fingerprint density at radius 1 is 1.05 bits per heavy atom. The van der Waals surface area contributed by atoms with Crippen LogP contribution in [0.1, 0.15) is 18.1 Å². The fraction of sp³-hybridized carbons (Fsp3) is 0.176. The van der Waals surface area contributed by atoms with E-state index in [4.69, 9.17) is 16.3 Å². The smallest absolute Gasteiger partial charge is 0.141 e. The van der Waals surface area contributed by atoms with Gasteiger partial charge < -0.3 is 4.74 Å². The highest BCUT2D eigenvalue weighted by Gasteiger charge is 2.32. The van der Waals surface area contributed by atoms with Crippen LogP contribution in [0.2, 0.25) is 5.02 Å². The Kier molecular flexibility index (Phi) is 3.77. The van der Waals surface area contributed by atoms with Crippen molar-refractivity contribution in [3.63, 3.8) is 0 Å². The molecular formula is C17H15ClOS. The van der Waals surface area contributed by atoms with Gasteiger partial charge in [0.1, 0.15) is 11.4 Å². The second kappa shape index (κ2) is 5.55. The Hall–Kier alpha value is -1.38. The second-order valence-electron chi connectivity index (χ2n) is 5.00. The fourth-order valence-corrected chi connectivity index (χ4v) is 3.34. The number of hydrogen-bond donors (Lipinski definition) is 0. The highest BCUT2D eigenvalue weighted by molar-refractivity contribution is 8.02. The number of thioether (sulfide) groups is 1. The number of hydrogen-bond acceptors (Lipinski definition) is 2. The Balaban J connectivity index is 1.90. The molecule has 1 unspecified atom stereocenters. The van der Waals surface area contributed by atoms with Crippen LogP contribution in [-0.2, 0) is 10.3 Å². The van der Waals surface area contributed by atoms with Gasteiger partial charge in [-0.15, -0.1) is 11.8 Å². The summed E-state index contributed by atoms with van der Waals surface area (Å²) in [6.07, 6.45) is 0. The van der Waals surface area contributed by atoms with Gasteiger partial charge >= 0.3 is 0 Å². The summed E-state index contributed by atoms with van der Waals surface area (Å²) in [4.78, 5) is 0. The van der Waals surface area contributed by atoms with Gasteiger partial charge in [0.15, 0.2) is 0 Å². The van der Waals surface area contributed by atoms with Crippen molar-refractivity contribution in [3.05, 3.63) is 76.2 Å². The third-order valence-corrected chi connectivity index (χ3v) is 4.75. The highest BCUT2D eigenvalue weighted by Crippen LogP contribution is 2.40. The van der Waals surface area contributed by atoms with Crippen LogP contribution in [0.4, 0.5) is 0 Å². The van der Waals surface area contributed by atoms with Crippen molar-refractivity contribution in [2.24, 2.45) is 0 Å². The van der Waals surface area contributed by atoms with Crippen LogP contribution in [0, 0.1) is 0 Å². The molecule has 0 spiro atoms. The van der Waals surface area contributed by atoms with E-state index in [-0.39, 0.29) is 5.60 Å². The van der Waals surface area contributed by atoms with Crippen molar-refractivity contribution >= 4 is 29.1 Å². The molecule has 0 saturated carbocycles. The molecule has 0 aromatic heterocycles. The molecule has 1 atom stereocenters. The molecule has 1 aliphatic rings. The molecule has 0 fully saturated rings. The maximum Gasteiger partial charge on any atom is 0.141 e. The predicted molar refractivity (Wildman–Crippen MR) is 86.8 cm³/mol. The predicted octanol–water partition coefficient (Wildman–Crippen LogP) is 5.32. The highest BCUT2D eigenvalue weighted by atomic mass is 35.5. The van der Waals surface area contributed by atoms with E-state index in [1.807, 2.05) is 42.5 Å². The lowest BCUT2D eigenvalue weighted by Gasteiger charge is -2.35. The molecule has 0 amide bonds. The first-order valence-corrected chi connectivity index (χ1v) is 7.92. The molecule has 0 saturated heterocycles. The van der Waals surface area contributed by atoms with E-state index in [1.54, 1.807) is 11.8 Å². The molecule has 1 aliphatic heterocycles. The van der Waals surface area contributed by atoms with E-state index < -0.39 is 0 Å². The summed E-state index contributed by atoms with van der Waals surface area (Å²) in [5.41, 5.74) is 1.94. The van der Waals surface area contributed by atoms with E-state index in [2.05, 4.69) is 24.5 Å². The van der Waals surface area contributed by atoms with Gasteiger partial charge in [0.25, 0.3) is 0 Å². The van der Waals surface area contributed by atoms with E-state index in [0.29, 0.717) is 0 Å². The van der Waals surface area contributed by atoms with Gasteiger partial charge in [-0.1, -0.05) is 54.1 Å². The number of rotatable bonds is 2. The molecule has 102 valence electrons. The molecule has 3 heteroatoms. The summed E-state index contributed by atoms with van der Waals surface area (Å²) < 4.78 is 6.28. The first-order valence-electron chi connectivity index (χ1n) is 6.50. The standard InChI is InChI=1S/C17H15ClOS/c1-17(14-7-9-15(18)10-8-14)12-20-11-16(19-17)13-5-3-2-4-6-13/h2-11H,12H2,1H3. The molecule has 0 radical (unpaired) electrons. The van der Waals surface area contributed by atoms with Gasteiger partial charge in [0, 0.05) is 21.7 Å². The molecule has 20 heavy (non-hydrogen) atoms. The normalized spacial score (nSPS) is 22.0. The van der Waals surface area contributed by atoms with E-state index in [9.17, 15) is 0 Å². The van der Waals surface area contributed by atoms with Crippen molar-refractivity contribution in [1.82, 2.24) is 0 Å². The Bertz CT molecular complexity index is 621. The van der Waals surface area contributed by atoms with E-state index >= 15 is 0 Å². The minimum atomic E-state index is -0.324. The molecule has 3 rings (SSSR count). The van der Waals surface area contributed by atoms with Gasteiger partial charge in [-0.2, -0.15) is 0 Å². The Morgan fingerprint density at radius 3 is 2.45 bits per heavy atom. The third kappa shape index (κ3) is 2.72. The van der Waals surface area contributed by atoms with E-state index in [0.717, 1.165) is 27.7 Å². The van der Waals surface area contributed by atoms with Crippen molar-refractivity contribution in [3.8, 4) is 0 Å². The van der Waals surface area contributed by atoms with Crippen molar-refractivity contribution in [1.29, 1.82) is 0 Å². The molecular weight excluding hydrogens is 288 g/mol.